The van der Waals surface area contributed by atoms with Gasteiger partial charge < -0.3 is 5.32 Å². The molecule has 0 aliphatic rings. The molecule has 0 heterocycles. The number of rotatable bonds is 5. The molecule has 19 heavy (non-hydrogen) atoms. The van der Waals surface area contributed by atoms with Gasteiger partial charge in [0, 0.05) is 22.3 Å². The van der Waals surface area contributed by atoms with Crippen LogP contribution in [0.4, 0.5) is 4.39 Å². The van der Waals surface area contributed by atoms with E-state index in [2.05, 4.69) is 17.4 Å². The second-order valence-electron chi connectivity index (χ2n) is 4.49. The number of benzene rings is 2. The van der Waals surface area contributed by atoms with Gasteiger partial charge in [-0.3, -0.25) is 0 Å². The summed E-state index contributed by atoms with van der Waals surface area (Å²) in [4.78, 5) is 1.20. The Labute approximate surface area is 118 Å². The van der Waals surface area contributed by atoms with Crippen LogP contribution in [0.15, 0.2) is 53.4 Å². The van der Waals surface area contributed by atoms with E-state index >= 15 is 0 Å². The molecule has 0 aliphatic carbocycles. The summed E-state index contributed by atoms with van der Waals surface area (Å²) in [5.74, 6) is 0.666. The lowest BCUT2D eigenvalue weighted by Crippen LogP contribution is -2.20. The first-order valence-electron chi connectivity index (χ1n) is 6.32. The number of halogens is 1. The van der Waals surface area contributed by atoms with Crippen molar-refractivity contribution < 1.29 is 4.39 Å². The van der Waals surface area contributed by atoms with Crippen LogP contribution >= 0.6 is 11.8 Å². The highest BCUT2D eigenvalue weighted by atomic mass is 32.2. The van der Waals surface area contributed by atoms with Crippen LogP contribution < -0.4 is 5.32 Å². The fraction of sp³-hybridized carbons (Fsp3) is 0.250. The summed E-state index contributed by atoms with van der Waals surface area (Å²) in [6.45, 7) is 1.99. The van der Waals surface area contributed by atoms with Crippen molar-refractivity contribution in [1.82, 2.24) is 5.32 Å². The summed E-state index contributed by atoms with van der Waals surface area (Å²) < 4.78 is 13.9. The Kier molecular flexibility index (Phi) is 5.00. The molecule has 2 aromatic carbocycles. The van der Waals surface area contributed by atoms with Crippen LogP contribution in [0.5, 0.6) is 0 Å². The van der Waals surface area contributed by atoms with Crippen molar-refractivity contribution in [2.75, 3.05) is 12.8 Å². The molecular weight excluding hydrogens is 257 g/mol. The van der Waals surface area contributed by atoms with E-state index in [4.69, 9.17) is 0 Å². The van der Waals surface area contributed by atoms with E-state index in [1.54, 1.807) is 23.9 Å². The van der Waals surface area contributed by atoms with Gasteiger partial charge >= 0.3 is 0 Å². The Hall–Kier alpha value is -1.32. The Bertz CT molecular complexity index is 528. The van der Waals surface area contributed by atoms with Gasteiger partial charge in [-0.05, 0) is 32.2 Å². The molecule has 0 spiro atoms. The summed E-state index contributed by atoms with van der Waals surface area (Å²) in [5, 5.41) is 3.20. The van der Waals surface area contributed by atoms with Crippen LogP contribution in [0.25, 0.3) is 0 Å². The van der Waals surface area contributed by atoms with Crippen molar-refractivity contribution in [1.29, 1.82) is 0 Å². The van der Waals surface area contributed by atoms with Crippen molar-refractivity contribution in [3.8, 4) is 0 Å². The first-order valence-corrected chi connectivity index (χ1v) is 7.30. The summed E-state index contributed by atoms with van der Waals surface area (Å²) >= 11 is 1.73. The normalized spacial score (nSPS) is 12.4. The number of nitrogens with one attached hydrogen (secondary N) is 1. The number of hydrogen-bond acceptors (Lipinski definition) is 2. The quantitative estimate of drug-likeness (QED) is 0.821. The molecule has 3 heteroatoms. The van der Waals surface area contributed by atoms with Gasteiger partial charge in [0.15, 0.2) is 0 Å². The molecule has 1 unspecified atom stereocenters. The van der Waals surface area contributed by atoms with Gasteiger partial charge in [-0.1, -0.05) is 35.9 Å². The minimum atomic E-state index is -0.140. The third-order valence-electron chi connectivity index (χ3n) is 3.04. The van der Waals surface area contributed by atoms with Crippen molar-refractivity contribution in [3.63, 3.8) is 0 Å². The van der Waals surface area contributed by atoms with E-state index in [-0.39, 0.29) is 11.9 Å². The smallest absolute Gasteiger partial charge is 0.128 e. The van der Waals surface area contributed by atoms with Crippen LogP contribution in [0.2, 0.25) is 0 Å². The number of thioether (sulfide) groups is 1. The number of hydrogen-bond donors (Lipinski definition) is 1. The summed E-state index contributed by atoms with van der Waals surface area (Å²) in [7, 11) is 1.87. The average Bonchev–Trinajstić information content (AvgIpc) is 2.44. The molecule has 0 amide bonds. The van der Waals surface area contributed by atoms with Crippen molar-refractivity contribution >= 4 is 11.8 Å². The zero-order chi connectivity index (χ0) is 13.7. The SMILES string of the molecule is CNC(CSc1ccccc1)c1cc(C)ccc1F. The van der Waals surface area contributed by atoms with Gasteiger partial charge in [0.05, 0.1) is 0 Å². The van der Waals surface area contributed by atoms with Crippen LogP contribution in [-0.4, -0.2) is 12.8 Å². The average molecular weight is 275 g/mol. The summed E-state index contributed by atoms with van der Waals surface area (Å²) in [6, 6.07) is 15.5. The standard InChI is InChI=1S/C16H18FNS/c1-12-8-9-15(17)14(10-12)16(18-2)11-19-13-6-4-3-5-7-13/h3-10,16,18H,11H2,1-2H3. The Balaban J connectivity index is 2.10. The fourth-order valence-corrected chi connectivity index (χ4v) is 3.01. The maximum absolute atomic E-state index is 13.9. The van der Waals surface area contributed by atoms with Crippen LogP contribution in [0, 0.1) is 12.7 Å². The molecule has 0 fully saturated rings. The van der Waals surface area contributed by atoms with Crippen molar-refractivity contribution in [2.24, 2.45) is 0 Å². The van der Waals surface area contributed by atoms with E-state index in [1.807, 2.05) is 38.2 Å². The van der Waals surface area contributed by atoms with Gasteiger partial charge in [-0.25, -0.2) is 4.39 Å². The highest BCUT2D eigenvalue weighted by Crippen LogP contribution is 2.26. The van der Waals surface area contributed by atoms with Crippen LogP contribution in [-0.2, 0) is 0 Å². The van der Waals surface area contributed by atoms with E-state index in [0.29, 0.717) is 0 Å². The molecule has 0 bridgehead atoms. The van der Waals surface area contributed by atoms with Crippen molar-refractivity contribution in [3.05, 3.63) is 65.5 Å². The number of aryl methyl sites for hydroxylation is 1. The first-order chi connectivity index (χ1) is 9.20. The molecule has 0 saturated carbocycles. The molecule has 0 aliphatic heterocycles. The Morgan fingerprint density at radius 3 is 2.58 bits per heavy atom. The lowest BCUT2D eigenvalue weighted by atomic mass is 10.1. The molecule has 2 aromatic rings. The van der Waals surface area contributed by atoms with E-state index in [9.17, 15) is 4.39 Å². The second-order valence-corrected chi connectivity index (χ2v) is 5.58. The molecule has 1 atom stereocenters. The lowest BCUT2D eigenvalue weighted by molar-refractivity contribution is 0.565. The van der Waals surface area contributed by atoms with E-state index < -0.39 is 0 Å². The lowest BCUT2D eigenvalue weighted by Gasteiger charge is -2.17. The molecule has 0 saturated heterocycles. The third kappa shape index (κ3) is 3.82. The summed E-state index contributed by atoms with van der Waals surface area (Å²) in [5.41, 5.74) is 1.83. The molecule has 2 rings (SSSR count). The highest BCUT2D eigenvalue weighted by molar-refractivity contribution is 7.99. The van der Waals surface area contributed by atoms with Gasteiger partial charge in [-0.15, -0.1) is 11.8 Å². The van der Waals surface area contributed by atoms with E-state index in [0.717, 1.165) is 16.9 Å². The fourth-order valence-electron chi connectivity index (χ4n) is 1.96. The summed E-state index contributed by atoms with van der Waals surface area (Å²) in [6.07, 6.45) is 0. The van der Waals surface area contributed by atoms with Gasteiger partial charge in [0.1, 0.15) is 5.82 Å². The topological polar surface area (TPSA) is 12.0 Å². The van der Waals surface area contributed by atoms with Crippen molar-refractivity contribution in [2.45, 2.75) is 17.9 Å². The molecule has 100 valence electrons. The monoisotopic (exact) mass is 275 g/mol. The highest BCUT2D eigenvalue weighted by Gasteiger charge is 2.14. The van der Waals surface area contributed by atoms with Crippen LogP contribution in [0.1, 0.15) is 17.2 Å². The Morgan fingerprint density at radius 1 is 1.16 bits per heavy atom. The largest absolute Gasteiger partial charge is 0.312 e. The van der Waals surface area contributed by atoms with Gasteiger partial charge in [0.25, 0.3) is 0 Å². The molecule has 0 radical (unpaired) electrons. The minimum absolute atomic E-state index is 0.0186. The minimum Gasteiger partial charge on any atom is -0.312 e. The third-order valence-corrected chi connectivity index (χ3v) is 4.14. The van der Waals surface area contributed by atoms with E-state index in [1.165, 1.54) is 4.90 Å². The zero-order valence-corrected chi connectivity index (χ0v) is 12.0. The molecular formula is C16H18FNS. The zero-order valence-electron chi connectivity index (χ0n) is 11.2. The van der Waals surface area contributed by atoms with Crippen LogP contribution in [0.3, 0.4) is 0 Å². The first kappa shape index (κ1) is 14.1. The molecule has 0 aromatic heterocycles. The molecule has 1 nitrogen and oxygen atoms in total. The van der Waals surface area contributed by atoms with Gasteiger partial charge in [0.2, 0.25) is 0 Å². The molecule has 1 N–H and O–H groups in total. The maximum Gasteiger partial charge on any atom is 0.128 e. The second kappa shape index (κ2) is 6.73. The predicted molar refractivity (Wildman–Crippen MR) is 80.1 cm³/mol. The Morgan fingerprint density at radius 2 is 1.89 bits per heavy atom. The predicted octanol–water partition coefficient (Wildman–Crippen LogP) is 4.19. The maximum atomic E-state index is 13.9. The van der Waals surface area contributed by atoms with Gasteiger partial charge in [-0.2, -0.15) is 0 Å².